The van der Waals surface area contributed by atoms with Crippen molar-refractivity contribution in [3.05, 3.63) is 93.2 Å². The molecular weight excluding hydrogens is 554 g/mol. The number of carbonyl (C=O) groups is 2. The SMILES string of the molecule is CC(C)(C)C[C@@H]1N[C@H](OC(=O)Nc2ccc(C#N)cc2)[C@H](c2cccc(Cl)c2F)[C@]12C(=O)Nc1cc(Cl)ccc12. The van der Waals surface area contributed by atoms with E-state index in [0.29, 0.717) is 33.9 Å². The second-order valence-corrected chi connectivity index (χ2v) is 12.1. The predicted octanol–water partition coefficient (Wildman–Crippen LogP) is 6.96. The number of anilines is 2. The lowest BCUT2D eigenvalue weighted by Gasteiger charge is -2.37. The summed E-state index contributed by atoms with van der Waals surface area (Å²) in [6.45, 7) is 6.12. The molecule has 2 aliphatic heterocycles. The van der Waals surface area contributed by atoms with Crippen molar-refractivity contribution in [3.63, 3.8) is 0 Å². The number of ether oxygens (including phenoxy) is 1. The van der Waals surface area contributed by atoms with Gasteiger partial charge in [0.2, 0.25) is 5.91 Å². The van der Waals surface area contributed by atoms with Gasteiger partial charge in [-0.3, -0.25) is 15.4 Å². The lowest BCUT2D eigenvalue weighted by Crippen LogP contribution is -2.49. The van der Waals surface area contributed by atoms with Gasteiger partial charge in [-0.25, -0.2) is 9.18 Å². The van der Waals surface area contributed by atoms with E-state index in [2.05, 4.69) is 16.0 Å². The predicted molar refractivity (Wildman–Crippen MR) is 152 cm³/mol. The highest BCUT2D eigenvalue weighted by molar-refractivity contribution is 6.31. The van der Waals surface area contributed by atoms with Crippen LogP contribution in [0.2, 0.25) is 10.0 Å². The van der Waals surface area contributed by atoms with E-state index in [1.54, 1.807) is 54.6 Å². The second kappa shape index (κ2) is 10.4. The Kier molecular flexibility index (Phi) is 7.26. The highest BCUT2D eigenvalue weighted by atomic mass is 35.5. The second-order valence-electron chi connectivity index (χ2n) is 11.3. The van der Waals surface area contributed by atoms with Gasteiger partial charge in [0.1, 0.15) is 11.2 Å². The van der Waals surface area contributed by atoms with E-state index >= 15 is 4.39 Å². The molecule has 5 rings (SSSR count). The Bertz CT molecular complexity index is 1530. The largest absolute Gasteiger partial charge is 0.429 e. The van der Waals surface area contributed by atoms with Gasteiger partial charge in [0.25, 0.3) is 0 Å². The summed E-state index contributed by atoms with van der Waals surface area (Å²) >= 11 is 12.5. The number of fused-ring (bicyclic) bond motifs is 2. The number of halogens is 3. The Hall–Kier alpha value is -3.64. The number of amides is 2. The summed E-state index contributed by atoms with van der Waals surface area (Å²) in [6.07, 6.45) is -1.42. The maximum absolute atomic E-state index is 15.8. The van der Waals surface area contributed by atoms with Crippen LogP contribution in [0.15, 0.2) is 60.7 Å². The van der Waals surface area contributed by atoms with E-state index in [1.807, 2.05) is 26.8 Å². The zero-order valence-electron chi connectivity index (χ0n) is 22.0. The molecule has 10 heteroatoms. The fourth-order valence-electron chi connectivity index (χ4n) is 5.86. The van der Waals surface area contributed by atoms with Gasteiger partial charge in [0.05, 0.1) is 22.6 Å². The Balaban J connectivity index is 1.63. The maximum atomic E-state index is 15.8. The molecule has 7 nitrogen and oxygen atoms in total. The molecule has 0 bridgehead atoms. The third-order valence-electron chi connectivity index (χ3n) is 7.39. The van der Waals surface area contributed by atoms with Crippen molar-refractivity contribution in [1.82, 2.24) is 5.32 Å². The number of carbonyl (C=O) groups excluding carboxylic acids is 2. The van der Waals surface area contributed by atoms with E-state index in [1.165, 1.54) is 6.07 Å². The van der Waals surface area contributed by atoms with E-state index in [9.17, 15) is 9.59 Å². The van der Waals surface area contributed by atoms with Crippen LogP contribution in [0.5, 0.6) is 0 Å². The number of nitrogens with zero attached hydrogens (tertiary/aromatic N) is 1. The Morgan fingerprint density at radius 2 is 1.88 bits per heavy atom. The molecule has 0 saturated carbocycles. The summed E-state index contributed by atoms with van der Waals surface area (Å²) < 4.78 is 21.7. The quantitative estimate of drug-likeness (QED) is 0.309. The molecule has 0 unspecified atom stereocenters. The van der Waals surface area contributed by atoms with Crippen LogP contribution in [0, 0.1) is 22.6 Å². The lowest BCUT2D eigenvalue weighted by molar-refractivity contribution is -0.122. The summed E-state index contributed by atoms with van der Waals surface area (Å²) in [6, 6.07) is 17.5. The van der Waals surface area contributed by atoms with Crippen molar-refractivity contribution >= 4 is 46.6 Å². The number of nitrogens with one attached hydrogen (secondary N) is 3. The molecule has 0 radical (unpaired) electrons. The maximum Gasteiger partial charge on any atom is 0.413 e. The fraction of sp³-hybridized carbons (Fsp3) is 0.300. The van der Waals surface area contributed by atoms with E-state index < -0.39 is 35.5 Å². The van der Waals surface area contributed by atoms with Crippen LogP contribution in [0.25, 0.3) is 0 Å². The van der Waals surface area contributed by atoms with Gasteiger partial charge in [0.15, 0.2) is 6.23 Å². The van der Waals surface area contributed by atoms with Crippen LogP contribution >= 0.6 is 23.2 Å². The van der Waals surface area contributed by atoms with Crippen molar-refractivity contribution in [1.29, 1.82) is 5.26 Å². The van der Waals surface area contributed by atoms with Gasteiger partial charge in [-0.15, -0.1) is 0 Å². The first-order chi connectivity index (χ1) is 18.9. The van der Waals surface area contributed by atoms with Crippen molar-refractivity contribution in [2.75, 3.05) is 10.6 Å². The smallest absolute Gasteiger partial charge is 0.413 e. The summed E-state index contributed by atoms with van der Waals surface area (Å²) in [5, 5.41) is 18.3. The van der Waals surface area contributed by atoms with E-state index in [4.69, 9.17) is 33.2 Å². The Morgan fingerprint density at radius 3 is 2.55 bits per heavy atom. The van der Waals surface area contributed by atoms with E-state index in [0.717, 1.165) is 0 Å². The molecule has 0 aliphatic carbocycles. The summed E-state index contributed by atoms with van der Waals surface area (Å²) in [5.41, 5.74) is 0.540. The number of hydrogen-bond acceptors (Lipinski definition) is 5. The molecule has 206 valence electrons. The first-order valence-electron chi connectivity index (χ1n) is 12.7. The van der Waals surface area contributed by atoms with Crippen molar-refractivity contribution in [3.8, 4) is 6.07 Å². The molecular formula is C30H27Cl2FN4O3. The number of nitriles is 1. The summed E-state index contributed by atoms with van der Waals surface area (Å²) in [7, 11) is 0. The summed E-state index contributed by atoms with van der Waals surface area (Å²) in [5.74, 6) is -2.02. The Labute approximate surface area is 241 Å². The number of benzene rings is 3. The molecule has 3 aromatic rings. The molecule has 2 amide bonds. The minimum absolute atomic E-state index is 0.109. The third-order valence-corrected chi connectivity index (χ3v) is 7.91. The van der Waals surface area contributed by atoms with Gasteiger partial charge >= 0.3 is 6.09 Å². The molecule has 4 atom stereocenters. The van der Waals surface area contributed by atoms with Crippen LogP contribution in [0.4, 0.5) is 20.6 Å². The standard InChI is InChI=1S/C30H27Cl2FN4O3/c1-29(2,3)14-23-30(20-12-9-17(31)13-22(20)36-27(30)38)24(19-5-4-6-21(32)25(19)33)26(37-23)40-28(39)35-18-10-7-16(15-34)8-11-18/h4-13,23-24,26,37H,14H2,1-3H3,(H,35,39)(H,36,38)/t23-,24-,26+,30+/m0/s1. The molecule has 2 aliphatic rings. The summed E-state index contributed by atoms with van der Waals surface area (Å²) in [4.78, 5) is 27.2. The first-order valence-corrected chi connectivity index (χ1v) is 13.5. The normalized spacial score (nSPS) is 23.4. The van der Waals surface area contributed by atoms with Crippen molar-refractivity contribution < 1.29 is 18.7 Å². The molecule has 0 aromatic heterocycles. The average molecular weight is 581 g/mol. The van der Waals surface area contributed by atoms with Crippen LogP contribution in [-0.4, -0.2) is 24.3 Å². The average Bonchev–Trinajstić information content (AvgIpc) is 3.34. The van der Waals surface area contributed by atoms with Crippen LogP contribution < -0.4 is 16.0 Å². The van der Waals surface area contributed by atoms with Crippen molar-refractivity contribution in [2.45, 2.75) is 50.8 Å². The minimum atomic E-state index is -1.35. The van der Waals surface area contributed by atoms with Gasteiger partial charge in [-0.05, 0) is 65.4 Å². The van der Waals surface area contributed by atoms with Gasteiger partial charge < -0.3 is 10.1 Å². The molecule has 1 spiro atoms. The number of rotatable bonds is 4. The molecule has 2 heterocycles. The Morgan fingerprint density at radius 1 is 1.15 bits per heavy atom. The van der Waals surface area contributed by atoms with Gasteiger partial charge in [0, 0.05) is 22.4 Å². The molecule has 3 aromatic carbocycles. The fourth-order valence-corrected chi connectivity index (χ4v) is 6.21. The van der Waals surface area contributed by atoms with Gasteiger partial charge in [-0.1, -0.05) is 62.2 Å². The zero-order chi connectivity index (χ0) is 28.8. The monoisotopic (exact) mass is 580 g/mol. The topological polar surface area (TPSA) is 103 Å². The first kappa shape index (κ1) is 27.9. The molecule has 1 fully saturated rings. The third kappa shape index (κ3) is 4.90. The highest BCUT2D eigenvalue weighted by Gasteiger charge is 2.66. The lowest BCUT2D eigenvalue weighted by atomic mass is 9.63. The van der Waals surface area contributed by atoms with Crippen LogP contribution in [0.1, 0.15) is 49.8 Å². The molecule has 40 heavy (non-hydrogen) atoms. The number of hydrogen-bond donors (Lipinski definition) is 3. The minimum Gasteiger partial charge on any atom is -0.429 e. The van der Waals surface area contributed by atoms with Crippen LogP contribution in [-0.2, 0) is 14.9 Å². The highest BCUT2D eigenvalue weighted by Crippen LogP contribution is 2.57. The zero-order valence-corrected chi connectivity index (χ0v) is 23.5. The molecule has 3 N–H and O–H groups in total. The van der Waals surface area contributed by atoms with Crippen LogP contribution in [0.3, 0.4) is 0 Å². The van der Waals surface area contributed by atoms with Gasteiger partial charge in [-0.2, -0.15) is 5.26 Å². The van der Waals surface area contributed by atoms with E-state index in [-0.39, 0.29) is 21.9 Å². The molecule has 1 saturated heterocycles. The van der Waals surface area contributed by atoms with Crippen molar-refractivity contribution in [2.24, 2.45) is 5.41 Å².